The van der Waals surface area contributed by atoms with E-state index in [0.29, 0.717) is 18.0 Å². The van der Waals surface area contributed by atoms with Crippen molar-refractivity contribution in [2.24, 2.45) is 0 Å². The lowest BCUT2D eigenvalue weighted by molar-refractivity contribution is 0.0827. The molecule has 0 N–H and O–H groups in total. The number of rotatable bonds is 6. The Hall–Kier alpha value is -2.17. The van der Waals surface area contributed by atoms with Crippen LogP contribution in [0, 0.1) is 0 Å². The summed E-state index contributed by atoms with van der Waals surface area (Å²) in [5, 5.41) is 8.45. The SMILES string of the molecule is CCCC(C)c1cn(Cc2cccc(C(=O)N(C)C)c2)nn1. The summed E-state index contributed by atoms with van der Waals surface area (Å²) in [4.78, 5) is 13.6. The fourth-order valence-corrected chi connectivity index (χ4v) is 2.45. The first kappa shape index (κ1) is 16.2. The summed E-state index contributed by atoms with van der Waals surface area (Å²) < 4.78 is 1.83. The van der Waals surface area contributed by atoms with E-state index in [-0.39, 0.29) is 5.91 Å². The van der Waals surface area contributed by atoms with E-state index >= 15 is 0 Å². The van der Waals surface area contributed by atoms with Gasteiger partial charge in [0.25, 0.3) is 5.91 Å². The predicted octanol–water partition coefficient (Wildman–Crippen LogP) is 2.93. The van der Waals surface area contributed by atoms with Gasteiger partial charge < -0.3 is 4.90 Å². The number of amides is 1. The third-order valence-corrected chi connectivity index (χ3v) is 3.71. The van der Waals surface area contributed by atoms with Gasteiger partial charge in [0.1, 0.15) is 0 Å². The van der Waals surface area contributed by atoms with Gasteiger partial charge in [-0.05, 0) is 24.1 Å². The zero-order valence-corrected chi connectivity index (χ0v) is 13.8. The minimum atomic E-state index is 0.0118. The Morgan fingerprint density at radius 2 is 2.14 bits per heavy atom. The van der Waals surface area contributed by atoms with Gasteiger partial charge in [0.2, 0.25) is 0 Å². The molecule has 2 rings (SSSR count). The van der Waals surface area contributed by atoms with Crippen LogP contribution >= 0.6 is 0 Å². The highest BCUT2D eigenvalue weighted by atomic mass is 16.2. The molecule has 0 aliphatic carbocycles. The lowest BCUT2D eigenvalue weighted by Crippen LogP contribution is -2.21. The zero-order valence-electron chi connectivity index (χ0n) is 13.8. The van der Waals surface area contributed by atoms with Gasteiger partial charge in [-0.15, -0.1) is 5.10 Å². The van der Waals surface area contributed by atoms with Crippen LogP contribution in [0.15, 0.2) is 30.5 Å². The van der Waals surface area contributed by atoms with Gasteiger partial charge in [-0.2, -0.15) is 0 Å². The largest absolute Gasteiger partial charge is 0.345 e. The molecule has 0 fully saturated rings. The molecule has 2 aromatic rings. The number of nitrogens with zero attached hydrogens (tertiary/aromatic N) is 4. The molecule has 22 heavy (non-hydrogen) atoms. The fraction of sp³-hybridized carbons (Fsp3) is 0.471. The molecule has 0 saturated carbocycles. The average Bonchev–Trinajstić information content (AvgIpc) is 2.95. The van der Waals surface area contributed by atoms with E-state index in [1.807, 2.05) is 35.1 Å². The van der Waals surface area contributed by atoms with Crippen molar-refractivity contribution in [2.75, 3.05) is 14.1 Å². The fourth-order valence-electron chi connectivity index (χ4n) is 2.45. The second-order valence-electron chi connectivity index (χ2n) is 5.93. The Bertz CT molecular complexity index is 633. The molecule has 1 aromatic carbocycles. The van der Waals surface area contributed by atoms with Crippen LogP contribution in [0.4, 0.5) is 0 Å². The molecule has 1 heterocycles. The van der Waals surface area contributed by atoms with Crippen LogP contribution in [-0.2, 0) is 6.54 Å². The van der Waals surface area contributed by atoms with Crippen molar-refractivity contribution < 1.29 is 4.79 Å². The van der Waals surface area contributed by atoms with Gasteiger partial charge in [0, 0.05) is 31.8 Å². The average molecular weight is 300 g/mol. The summed E-state index contributed by atoms with van der Waals surface area (Å²) in [5.41, 5.74) is 2.77. The van der Waals surface area contributed by atoms with Gasteiger partial charge >= 0.3 is 0 Å². The molecule has 1 unspecified atom stereocenters. The molecule has 1 aromatic heterocycles. The molecule has 0 bridgehead atoms. The summed E-state index contributed by atoms with van der Waals surface area (Å²) >= 11 is 0. The minimum Gasteiger partial charge on any atom is -0.345 e. The lowest BCUT2D eigenvalue weighted by Gasteiger charge is -2.11. The van der Waals surface area contributed by atoms with Crippen molar-refractivity contribution in [2.45, 2.75) is 39.2 Å². The predicted molar refractivity (Wildman–Crippen MR) is 86.9 cm³/mol. The molecule has 0 aliphatic heterocycles. The summed E-state index contributed by atoms with van der Waals surface area (Å²) in [6.45, 7) is 4.97. The quantitative estimate of drug-likeness (QED) is 0.824. The molecule has 5 heteroatoms. The Kier molecular flexibility index (Phi) is 5.31. The van der Waals surface area contributed by atoms with Crippen molar-refractivity contribution in [3.63, 3.8) is 0 Å². The standard InChI is InChI=1S/C17H24N4O/c1-5-7-13(2)16-12-21(19-18-16)11-14-8-6-9-15(10-14)17(22)20(3)4/h6,8-10,12-13H,5,7,11H2,1-4H3. The second-order valence-corrected chi connectivity index (χ2v) is 5.93. The molecule has 0 spiro atoms. The maximum absolute atomic E-state index is 12.0. The molecule has 0 aliphatic rings. The third kappa shape index (κ3) is 3.93. The Morgan fingerprint density at radius 1 is 1.36 bits per heavy atom. The van der Waals surface area contributed by atoms with Gasteiger partial charge in [-0.25, -0.2) is 4.68 Å². The number of carbonyl (C=O) groups is 1. The normalized spacial score (nSPS) is 12.2. The van der Waals surface area contributed by atoms with E-state index in [1.165, 1.54) is 0 Å². The molecular formula is C17H24N4O. The van der Waals surface area contributed by atoms with Gasteiger partial charge in [0.15, 0.2) is 0 Å². The monoisotopic (exact) mass is 300 g/mol. The number of benzene rings is 1. The summed E-state index contributed by atoms with van der Waals surface area (Å²) in [6.07, 6.45) is 4.26. The van der Waals surface area contributed by atoms with Crippen LogP contribution in [0.3, 0.4) is 0 Å². The van der Waals surface area contributed by atoms with E-state index in [1.54, 1.807) is 19.0 Å². The Morgan fingerprint density at radius 3 is 2.82 bits per heavy atom. The Labute approximate surface area is 131 Å². The molecular weight excluding hydrogens is 276 g/mol. The van der Waals surface area contributed by atoms with Crippen molar-refractivity contribution >= 4 is 5.91 Å². The van der Waals surface area contributed by atoms with E-state index in [2.05, 4.69) is 24.2 Å². The first-order chi connectivity index (χ1) is 10.5. The van der Waals surface area contributed by atoms with Crippen LogP contribution in [0.5, 0.6) is 0 Å². The molecule has 0 saturated heterocycles. The van der Waals surface area contributed by atoms with Crippen LogP contribution in [0.1, 0.15) is 54.2 Å². The van der Waals surface area contributed by atoms with Gasteiger partial charge in [0.05, 0.1) is 12.2 Å². The van der Waals surface area contributed by atoms with E-state index < -0.39 is 0 Å². The highest BCUT2D eigenvalue weighted by Crippen LogP contribution is 2.18. The first-order valence-electron chi connectivity index (χ1n) is 7.72. The molecule has 1 atom stereocenters. The second kappa shape index (κ2) is 7.20. The van der Waals surface area contributed by atoms with Gasteiger partial charge in [-0.1, -0.05) is 37.6 Å². The Balaban J connectivity index is 2.11. The topological polar surface area (TPSA) is 51.0 Å². The van der Waals surface area contributed by atoms with Crippen LogP contribution in [-0.4, -0.2) is 39.9 Å². The van der Waals surface area contributed by atoms with Crippen molar-refractivity contribution in [1.29, 1.82) is 0 Å². The molecule has 5 nitrogen and oxygen atoms in total. The smallest absolute Gasteiger partial charge is 0.253 e. The number of hydrogen-bond donors (Lipinski definition) is 0. The third-order valence-electron chi connectivity index (χ3n) is 3.71. The summed E-state index contributed by atoms with van der Waals surface area (Å²) in [5.74, 6) is 0.443. The maximum Gasteiger partial charge on any atom is 0.253 e. The zero-order chi connectivity index (χ0) is 16.1. The van der Waals surface area contributed by atoms with Gasteiger partial charge in [-0.3, -0.25) is 4.79 Å². The number of hydrogen-bond acceptors (Lipinski definition) is 3. The lowest BCUT2D eigenvalue weighted by atomic mass is 10.0. The summed E-state index contributed by atoms with van der Waals surface area (Å²) in [6, 6.07) is 7.66. The minimum absolute atomic E-state index is 0.0118. The molecule has 1 amide bonds. The van der Waals surface area contributed by atoms with Crippen molar-refractivity contribution in [3.05, 3.63) is 47.3 Å². The maximum atomic E-state index is 12.0. The van der Waals surface area contributed by atoms with E-state index in [4.69, 9.17) is 0 Å². The highest BCUT2D eigenvalue weighted by molar-refractivity contribution is 5.94. The van der Waals surface area contributed by atoms with Crippen molar-refractivity contribution in [1.82, 2.24) is 19.9 Å². The van der Waals surface area contributed by atoms with Crippen LogP contribution < -0.4 is 0 Å². The van der Waals surface area contributed by atoms with Crippen molar-refractivity contribution in [3.8, 4) is 0 Å². The van der Waals surface area contributed by atoms with E-state index in [9.17, 15) is 4.79 Å². The first-order valence-corrected chi connectivity index (χ1v) is 7.72. The highest BCUT2D eigenvalue weighted by Gasteiger charge is 2.11. The summed E-state index contributed by atoms with van der Waals surface area (Å²) in [7, 11) is 3.52. The van der Waals surface area contributed by atoms with Crippen LogP contribution in [0.25, 0.3) is 0 Å². The molecule has 118 valence electrons. The van der Waals surface area contributed by atoms with Crippen LogP contribution in [0.2, 0.25) is 0 Å². The van der Waals surface area contributed by atoms with E-state index in [0.717, 1.165) is 24.1 Å². The molecule has 0 radical (unpaired) electrons. The number of aromatic nitrogens is 3. The number of carbonyl (C=O) groups excluding carboxylic acids is 1.